The molecule has 7 heteroatoms. The molecule has 0 bridgehead atoms. The average molecular weight is 334 g/mol. The Hall–Kier alpha value is -2.18. The van der Waals surface area contributed by atoms with Crippen LogP contribution in [0, 0.1) is 0 Å². The highest BCUT2D eigenvalue weighted by atomic mass is 35.5. The first-order chi connectivity index (χ1) is 11.0. The predicted octanol–water partition coefficient (Wildman–Crippen LogP) is 2.75. The predicted molar refractivity (Wildman–Crippen MR) is 93.1 cm³/mol. The van der Waals surface area contributed by atoms with Crippen molar-refractivity contribution >= 4 is 29.0 Å². The minimum atomic E-state index is -0.306. The van der Waals surface area contributed by atoms with Crippen LogP contribution < -0.4 is 10.6 Å². The Kier molecular flexibility index (Phi) is 6.31. The van der Waals surface area contributed by atoms with Crippen molar-refractivity contribution in [3.05, 3.63) is 47.4 Å². The van der Waals surface area contributed by atoms with E-state index in [4.69, 9.17) is 11.6 Å². The molecule has 2 rings (SSSR count). The van der Waals surface area contributed by atoms with Crippen LogP contribution in [0.15, 0.2) is 36.7 Å². The molecule has 1 aromatic carbocycles. The number of aromatic nitrogens is 2. The number of hydrogen-bond donors (Lipinski definition) is 2. The highest BCUT2D eigenvalue weighted by molar-refractivity contribution is 6.30. The van der Waals surface area contributed by atoms with Gasteiger partial charge in [-0.2, -0.15) is 0 Å². The molecule has 0 unspecified atom stereocenters. The molecule has 23 heavy (non-hydrogen) atoms. The van der Waals surface area contributed by atoms with E-state index in [0.717, 1.165) is 19.5 Å². The van der Waals surface area contributed by atoms with Crippen LogP contribution in [0.5, 0.6) is 0 Å². The summed E-state index contributed by atoms with van der Waals surface area (Å²) in [5.41, 5.74) is 0.922. The van der Waals surface area contributed by atoms with Crippen LogP contribution in [0.4, 0.5) is 11.5 Å². The van der Waals surface area contributed by atoms with E-state index < -0.39 is 0 Å². The van der Waals surface area contributed by atoms with Crippen molar-refractivity contribution in [3.8, 4) is 0 Å². The normalized spacial score (nSPS) is 10.6. The second-order valence-electron chi connectivity index (χ2n) is 5.33. The molecule has 1 amide bonds. The highest BCUT2D eigenvalue weighted by Crippen LogP contribution is 2.14. The topological polar surface area (TPSA) is 70.2 Å². The van der Waals surface area contributed by atoms with Crippen molar-refractivity contribution in [3.63, 3.8) is 0 Å². The third kappa shape index (κ3) is 5.84. The SMILES string of the molecule is CN(C)CCCNc1cnc(C(=O)Nc2ccc(Cl)cc2)cn1. The van der Waals surface area contributed by atoms with Gasteiger partial charge in [-0.25, -0.2) is 9.97 Å². The van der Waals surface area contributed by atoms with Crippen molar-refractivity contribution in [1.29, 1.82) is 0 Å². The monoisotopic (exact) mass is 333 g/mol. The fourth-order valence-corrected chi connectivity index (χ4v) is 2.00. The lowest BCUT2D eigenvalue weighted by Gasteiger charge is -2.10. The van der Waals surface area contributed by atoms with E-state index in [-0.39, 0.29) is 11.6 Å². The first kappa shape index (κ1) is 17.2. The minimum absolute atomic E-state index is 0.263. The summed E-state index contributed by atoms with van der Waals surface area (Å²) >= 11 is 5.81. The number of amides is 1. The molecule has 0 fully saturated rings. The molecule has 0 radical (unpaired) electrons. The minimum Gasteiger partial charge on any atom is -0.369 e. The Balaban J connectivity index is 1.86. The Morgan fingerprint density at radius 1 is 1.17 bits per heavy atom. The van der Waals surface area contributed by atoms with Gasteiger partial charge in [-0.05, 0) is 51.3 Å². The molecule has 0 aliphatic heterocycles. The Bertz CT molecular complexity index is 628. The van der Waals surface area contributed by atoms with Crippen LogP contribution in [0.25, 0.3) is 0 Å². The van der Waals surface area contributed by atoms with Crippen LogP contribution in [-0.4, -0.2) is 48.0 Å². The zero-order valence-corrected chi connectivity index (χ0v) is 14.0. The summed E-state index contributed by atoms with van der Waals surface area (Å²) in [6, 6.07) is 6.88. The highest BCUT2D eigenvalue weighted by Gasteiger charge is 2.08. The van der Waals surface area contributed by atoms with Gasteiger partial charge in [0.2, 0.25) is 0 Å². The second-order valence-corrected chi connectivity index (χ2v) is 5.77. The molecular formula is C16H20ClN5O. The van der Waals surface area contributed by atoms with Gasteiger partial charge in [0.05, 0.1) is 12.4 Å². The molecule has 122 valence electrons. The fraction of sp³-hybridized carbons (Fsp3) is 0.312. The second kappa shape index (κ2) is 8.45. The van der Waals surface area contributed by atoms with E-state index in [9.17, 15) is 4.79 Å². The lowest BCUT2D eigenvalue weighted by Crippen LogP contribution is -2.17. The van der Waals surface area contributed by atoms with Crippen molar-refractivity contribution in [2.45, 2.75) is 6.42 Å². The molecule has 1 aromatic heterocycles. The third-order valence-corrected chi connectivity index (χ3v) is 3.33. The number of nitrogens with zero attached hydrogens (tertiary/aromatic N) is 3. The maximum atomic E-state index is 12.1. The van der Waals surface area contributed by atoms with Crippen LogP contribution in [-0.2, 0) is 0 Å². The lowest BCUT2D eigenvalue weighted by atomic mass is 10.3. The van der Waals surface area contributed by atoms with Gasteiger partial charge in [-0.15, -0.1) is 0 Å². The van der Waals surface area contributed by atoms with Crippen molar-refractivity contribution in [1.82, 2.24) is 14.9 Å². The van der Waals surface area contributed by atoms with Crippen LogP contribution in [0.1, 0.15) is 16.9 Å². The van der Waals surface area contributed by atoms with Gasteiger partial charge < -0.3 is 15.5 Å². The molecule has 6 nitrogen and oxygen atoms in total. The summed E-state index contributed by atoms with van der Waals surface area (Å²) in [4.78, 5) is 22.5. The molecule has 2 aromatic rings. The number of benzene rings is 1. The quantitative estimate of drug-likeness (QED) is 0.762. The maximum Gasteiger partial charge on any atom is 0.275 e. The van der Waals surface area contributed by atoms with Gasteiger partial charge in [-0.3, -0.25) is 4.79 Å². The zero-order chi connectivity index (χ0) is 16.7. The van der Waals surface area contributed by atoms with Crippen LogP contribution >= 0.6 is 11.6 Å². The van der Waals surface area contributed by atoms with E-state index in [1.54, 1.807) is 30.5 Å². The number of rotatable bonds is 7. The number of carbonyl (C=O) groups is 1. The number of halogens is 1. The van der Waals surface area contributed by atoms with Gasteiger partial charge in [0.25, 0.3) is 5.91 Å². The van der Waals surface area contributed by atoms with Gasteiger partial charge in [-0.1, -0.05) is 11.6 Å². The summed E-state index contributed by atoms with van der Waals surface area (Å²) in [7, 11) is 4.07. The summed E-state index contributed by atoms with van der Waals surface area (Å²) < 4.78 is 0. The van der Waals surface area contributed by atoms with Gasteiger partial charge in [0.1, 0.15) is 11.5 Å². The summed E-state index contributed by atoms with van der Waals surface area (Å²) in [6.45, 7) is 1.81. The molecule has 0 saturated heterocycles. The molecule has 0 spiro atoms. The largest absolute Gasteiger partial charge is 0.369 e. The van der Waals surface area contributed by atoms with Crippen LogP contribution in [0.2, 0.25) is 5.02 Å². The standard InChI is InChI=1S/C16H20ClN5O/c1-22(2)9-3-8-18-15-11-19-14(10-20-15)16(23)21-13-6-4-12(17)5-7-13/h4-7,10-11H,3,8-9H2,1-2H3,(H,18,20)(H,21,23). The Morgan fingerprint density at radius 2 is 1.91 bits per heavy atom. The smallest absolute Gasteiger partial charge is 0.275 e. The van der Waals surface area contributed by atoms with Crippen molar-refractivity contribution in [2.24, 2.45) is 0 Å². The van der Waals surface area contributed by atoms with E-state index in [2.05, 4.69) is 25.5 Å². The average Bonchev–Trinajstić information content (AvgIpc) is 2.54. The number of carbonyl (C=O) groups excluding carboxylic acids is 1. The fourth-order valence-electron chi connectivity index (χ4n) is 1.88. The third-order valence-electron chi connectivity index (χ3n) is 3.07. The van der Waals surface area contributed by atoms with Crippen molar-refractivity contribution < 1.29 is 4.79 Å². The zero-order valence-electron chi connectivity index (χ0n) is 13.2. The molecule has 0 aliphatic rings. The summed E-state index contributed by atoms with van der Waals surface area (Å²) in [5, 5.41) is 6.54. The van der Waals surface area contributed by atoms with Crippen molar-refractivity contribution in [2.75, 3.05) is 37.8 Å². The van der Waals surface area contributed by atoms with Gasteiger partial charge in [0, 0.05) is 17.3 Å². The Morgan fingerprint density at radius 3 is 2.52 bits per heavy atom. The van der Waals surface area contributed by atoms with E-state index in [1.165, 1.54) is 6.20 Å². The molecule has 0 atom stereocenters. The lowest BCUT2D eigenvalue weighted by molar-refractivity contribution is 0.102. The molecule has 1 heterocycles. The van der Waals surface area contributed by atoms with E-state index in [1.807, 2.05) is 14.1 Å². The molecular weight excluding hydrogens is 314 g/mol. The molecule has 0 aliphatic carbocycles. The summed E-state index contributed by atoms with van der Waals surface area (Å²) in [5.74, 6) is 0.353. The van der Waals surface area contributed by atoms with E-state index in [0.29, 0.717) is 16.5 Å². The van der Waals surface area contributed by atoms with E-state index >= 15 is 0 Å². The first-order valence-electron chi connectivity index (χ1n) is 7.32. The Labute approximate surface area is 140 Å². The number of nitrogens with one attached hydrogen (secondary N) is 2. The number of anilines is 2. The van der Waals surface area contributed by atoms with Gasteiger partial charge in [0.15, 0.2) is 0 Å². The molecule has 0 saturated carbocycles. The first-order valence-corrected chi connectivity index (χ1v) is 7.70. The summed E-state index contributed by atoms with van der Waals surface area (Å²) in [6.07, 6.45) is 4.03. The van der Waals surface area contributed by atoms with Gasteiger partial charge >= 0.3 is 0 Å². The maximum absolute atomic E-state index is 12.1. The number of hydrogen-bond acceptors (Lipinski definition) is 5. The molecule has 2 N–H and O–H groups in total. The van der Waals surface area contributed by atoms with Crippen LogP contribution in [0.3, 0.4) is 0 Å².